The number of pyridine rings is 1. The third-order valence-electron chi connectivity index (χ3n) is 3.66. The predicted octanol–water partition coefficient (Wildman–Crippen LogP) is 5.57. The molecule has 30 heavy (non-hydrogen) atoms. The van der Waals surface area contributed by atoms with Crippen molar-refractivity contribution in [1.29, 1.82) is 0 Å². The standard InChI is InChI=1S/C17H13F5N4O2S2/c1-26(12-7-6-11-13(25-12)30-15(29)24-11)14(27)23-9-2-4-10(5-3-9)28-17(21,22)8-16(18,19)20/h2-7H,8H2,1H3,(H,23,27)(H,24,29). The van der Waals surface area contributed by atoms with Crippen LogP contribution in [0, 0.1) is 0 Å². The largest absolute Gasteiger partial charge is 0.432 e. The number of nitrogens with zero attached hydrogens (tertiary/aromatic N) is 3. The summed E-state index contributed by atoms with van der Waals surface area (Å²) < 4.78 is 67.6. The van der Waals surface area contributed by atoms with E-state index >= 15 is 0 Å². The van der Waals surface area contributed by atoms with E-state index in [0.717, 1.165) is 12.1 Å². The van der Waals surface area contributed by atoms with E-state index in [2.05, 4.69) is 32.7 Å². The van der Waals surface area contributed by atoms with Crippen molar-refractivity contribution < 1.29 is 31.5 Å². The molecule has 3 rings (SSSR count). The van der Waals surface area contributed by atoms with Crippen molar-refractivity contribution in [3.63, 3.8) is 0 Å². The maximum absolute atomic E-state index is 13.3. The molecule has 3 aromatic rings. The van der Waals surface area contributed by atoms with Crippen molar-refractivity contribution >= 4 is 51.8 Å². The minimum Gasteiger partial charge on any atom is -0.432 e. The highest BCUT2D eigenvalue weighted by Gasteiger charge is 2.45. The number of carbonyl (C=O) groups is 1. The first-order valence-corrected chi connectivity index (χ1v) is 9.43. The highest BCUT2D eigenvalue weighted by Crippen LogP contribution is 2.34. The molecule has 0 fully saturated rings. The molecule has 2 amide bonds. The number of carbonyl (C=O) groups excluding carboxylic acids is 1. The Morgan fingerprint density at radius 2 is 1.80 bits per heavy atom. The fourth-order valence-electron chi connectivity index (χ4n) is 2.34. The van der Waals surface area contributed by atoms with Crippen molar-refractivity contribution in [2.45, 2.75) is 23.0 Å². The van der Waals surface area contributed by atoms with Crippen LogP contribution >= 0.6 is 24.0 Å². The van der Waals surface area contributed by atoms with E-state index < -0.39 is 30.5 Å². The van der Waals surface area contributed by atoms with Gasteiger partial charge in [-0.2, -0.15) is 22.0 Å². The first kappa shape index (κ1) is 22.0. The summed E-state index contributed by atoms with van der Waals surface area (Å²) in [7, 11) is 1.47. The van der Waals surface area contributed by atoms with Gasteiger partial charge in [-0.1, -0.05) is 11.3 Å². The van der Waals surface area contributed by atoms with Crippen molar-refractivity contribution in [2.75, 3.05) is 17.3 Å². The molecule has 1 N–H and O–H groups in total. The van der Waals surface area contributed by atoms with Gasteiger partial charge < -0.3 is 10.1 Å². The molecular formula is C17H13F5N4O2S2. The van der Waals surface area contributed by atoms with Crippen molar-refractivity contribution in [3.8, 4) is 5.75 Å². The summed E-state index contributed by atoms with van der Waals surface area (Å²) in [5, 5.41) is 2.52. The second-order valence-corrected chi connectivity index (χ2v) is 7.74. The molecular weight excluding hydrogens is 451 g/mol. The van der Waals surface area contributed by atoms with Gasteiger partial charge in [0.25, 0.3) is 0 Å². The Hall–Kier alpha value is -2.67. The summed E-state index contributed by atoms with van der Waals surface area (Å²) in [6.07, 6.45) is -11.9. The molecule has 1 aromatic carbocycles. The summed E-state index contributed by atoms with van der Waals surface area (Å²) in [6.45, 7) is 0. The number of thiazole rings is 1. The molecule has 6 nitrogen and oxygen atoms in total. The van der Waals surface area contributed by atoms with Gasteiger partial charge in [-0.25, -0.2) is 14.8 Å². The average Bonchev–Trinajstić information content (AvgIpc) is 2.99. The van der Waals surface area contributed by atoms with E-state index in [4.69, 9.17) is 0 Å². The van der Waals surface area contributed by atoms with Gasteiger partial charge >= 0.3 is 18.3 Å². The molecule has 0 aliphatic carbocycles. The normalized spacial score (nSPS) is 12.1. The Labute approximate surface area is 176 Å². The Morgan fingerprint density at radius 1 is 1.13 bits per heavy atom. The Balaban J connectivity index is 1.64. The first-order chi connectivity index (χ1) is 13.9. The Morgan fingerprint density at radius 3 is 2.43 bits per heavy atom. The van der Waals surface area contributed by atoms with Crippen LogP contribution < -0.4 is 15.0 Å². The number of fused-ring (bicyclic) bond motifs is 1. The fraction of sp³-hybridized carbons (Fsp3) is 0.235. The lowest BCUT2D eigenvalue weighted by molar-refractivity contribution is -0.255. The smallest absolute Gasteiger partial charge is 0.406 e. The number of aromatic nitrogens is 2. The topological polar surface area (TPSA) is 67.4 Å². The molecule has 160 valence electrons. The minimum atomic E-state index is -5.08. The number of ether oxygens (including phenoxy) is 1. The van der Waals surface area contributed by atoms with Crippen LogP contribution in [0.5, 0.6) is 5.75 Å². The zero-order chi connectivity index (χ0) is 22.1. The van der Waals surface area contributed by atoms with Crippen molar-refractivity contribution in [3.05, 3.63) is 36.4 Å². The number of nitrogens with one attached hydrogen (secondary N) is 1. The molecule has 0 aliphatic rings. The van der Waals surface area contributed by atoms with Gasteiger partial charge in [0, 0.05) is 12.7 Å². The number of rotatable bonds is 5. The molecule has 0 unspecified atom stereocenters. The van der Waals surface area contributed by atoms with E-state index in [1.54, 1.807) is 12.1 Å². The molecule has 0 bridgehead atoms. The summed E-state index contributed by atoms with van der Waals surface area (Å²) in [5.74, 6) is -0.140. The monoisotopic (exact) mass is 464 g/mol. The van der Waals surface area contributed by atoms with E-state index in [0.29, 0.717) is 20.5 Å². The summed E-state index contributed by atoms with van der Waals surface area (Å²) >= 11 is 5.40. The van der Waals surface area contributed by atoms with Gasteiger partial charge in [0.2, 0.25) is 0 Å². The summed E-state index contributed by atoms with van der Waals surface area (Å²) in [5.41, 5.74) is 0.857. The zero-order valence-corrected chi connectivity index (χ0v) is 16.8. The second-order valence-electron chi connectivity index (χ2n) is 6.04. The van der Waals surface area contributed by atoms with Gasteiger partial charge in [-0.3, -0.25) is 4.90 Å². The van der Waals surface area contributed by atoms with Gasteiger partial charge in [0.1, 0.15) is 32.7 Å². The lowest BCUT2D eigenvalue weighted by Gasteiger charge is -2.20. The minimum absolute atomic E-state index is 0.217. The van der Waals surface area contributed by atoms with E-state index in [9.17, 15) is 26.7 Å². The highest BCUT2D eigenvalue weighted by molar-refractivity contribution is 7.82. The van der Waals surface area contributed by atoms with E-state index in [-0.39, 0.29) is 5.69 Å². The maximum atomic E-state index is 13.3. The lowest BCUT2D eigenvalue weighted by atomic mass is 10.3. The highest BCUT2D eigenvalue weighted by atomic mass is 32.2. The number of hydrogen-bond acceptors (Lipinski definition) is 6. The zero-order valence-electron chi connectivity index (χ0n) is 15.1. The van der Waals surface area contributed by atoms with Crippen LogP contribution in [0.15, 0.2) is 40.7 Å². The maximum Gasteiger partial charge on any atom is 0.406 e. The SMILES string of the molecule is CN(C(=O)Nc1ccc(OC(F)(F)CC(F)(F)F)cc1)c1ccc2nc(S)sc2n1. The Bertz CT molecular complexity index is 1060. The molecule has 0 saturated carbocycles. The van der Waals surface area contributed by atoms with E-state index in [1.807, 2.05) is 0 Å². The number of urea groups is 1. The van der Waals surface area contributed by atoms with Crippen LogP contribution in [0.25, 0.3) is 10.3 Å². The second kappa shape index (κ2) is 8.22. The summed E-state index contributed by atoms with van der Waals surface area (Å²) in [4.78, 5) is 22.7. The quantitative estimate of drug-likeness (QED) is 0.383. The Kier molecular flexibility index (Phi) is 6.04. The van der Waals surface area contributed by atoms with Crippen molar-refractivity contribution in [1.82, 2.24) is 9.97 Å². The van der Waals surface area contributed by atoms with E-state index in [1.165, 1.54) is 35.4 Å². The lowest BCUT2D eigenvalue weighted by Crippen LogP contribution is -2.32. The number of hydrogen-bond donors (Lipinski definition) is 2. The summed E-state index contributed by atoms with van der Waals surface area (Å²) in [6, 6.07) is 7.19. The number of halogens is 5. The third-order valence-corrected chi connectivity index (χ3v) is 4.80. The third kappa shape index (κ3) is 5.69. The molecule has 0 saturated heterocycles. The molecule has 2 heterocycles. The van der Waals surface area contributed by atoms with Crippen LogP contribution in [0.1, 0.15) is 6.42 Å². The molecule has 0 radical (unpaired) electrons. The van der Waals surface area contributed by atoms with Gasteiger partial charge in [0.05, 0.1) is 0 Å². The molecule has 0 atom stereocenters. The van der Waals surface area contributed by atoms with Crippen LogP contribution in [-0.2, 0) is 0 Å². The van der Waals surface area contributed by atoms with Crippen LogP contribution in [0.3, 0.4) is 0 Å². The van der Waals surface area contributed by atoms with Gasteiger partial charge in [-0.05, 0) is 36.4 Å². The molecule has 13 heteroatoms. The average molecular weight is 464 g/mol. The predicted molar refractivity (Wildman–Crippen MR) is 105 cm³/mol. The molecule has 0 aliphatic heterocycles. The number of anilines is 2. The number of benzene rings is 1. The van der Waals surface area contributed by atoms with Crippen LogP contribution in [0.2, 0.25) is 0 Å². The van der Waals surface area contributed by atoms with Crippen LogP contribution in [-0.4, -0.2) is 35.3 Å². The van der Waals surface area contributed by atoms with Crippen LogP contribution in [0.4, 0.5) is 38.3 Å². The molecule has 0 spiro atoms. The molecule has 2 aromatic heterocycles. The number of alkyl halides is 5. The first-order valence-electron chi connectivity index (χ1n) is 8.17. The van der Waals surface area contributed by atoms with Gasteiger partial charge in [0.15, 0.2) is 0 Å². The van der Waals surface area contributed by atoms with Crippen molar-refractivity contribution in [2.24, 2.45) is 0 Å². The fourth-order valence-corrected chi connectivity index (χ4v) is 3.38. The van der Waals surface area contributed by atoms with Gasteiger partial charge in [-0.15, -0.1) is 12.6 Å². The number of thiol groups is 1. The number of amides is 2.